The Kier molecular flexibility index (Phi) is 6.94. The first kappa shape index (κ1) is 30.3. The molecule has 0 aliphatic heterocycles. The van der Waals surface area contributed by atoms with Gasteiger partial charge in [-0.15, -0.1) is 0 Å². The van der Waals surface area contributed by atoms with Crippen molar-refractivity contribution in [2.45, 2.75) is 5.41 Å². The highest BCUT2D eigenvalue weighted by atomic mass is 16.5. The number of carbonyl (C=O) groups excluding carboxylic acids is 2. The van der Waals surface area contributed by atoms with Crippen LogP contribution in [0, 0.1) is 0 Å². The Hall–Kier alpha value is -6.78. The molecule has 8 aromatic carbocycles. The SMILES string of the molecule is C=CC(=O)Oc1ccc2cc(C3(c4ccc5cc(OC(=O)C=C)ccc5c4)c4cc5ccccc5cc4-c4cc5ccccc5cc43)ccc2c1. The van der Waals surface area contributed by atoms with Crippen LogP contribution in [-0.4, -0.2) is 11.9 Å². The van der Waals surface area contributed by atoms with E-state index in [2.05, 4.69) is 122 Å². The van der Waals surface area contributed by atoms with E-state index in [1.54, 1.807) is 0 Å². The van der Waals surface area contributed by atoms with Crippen LogP contribution in [0.5, 0.6) is 11.5 Å². The van der Waals surface area contributed by atoms with Crippen LogP contribution in [0.15, 0.2) is 171 Å². The third kappa shape index (κ3) is 4.84. The van der Waals surface area contributed by atoms with E-state index in [0.717, 1.165) is 44.8 Å². The van der Waals surface area contributed by atoms with Gasteiger partial charge in [-0.2, -0.15) is 0 Å². The number of benzene rings is 8. The molecule has 0 spiro atoms. The summed E-state index contributed by atoms with van der Waals surface area (Å²) in [6, 6.07) is 51.0. The third-order valence-corrected chi connectivity index (χ3v) is 10.1. The number of rotatable bonds is 6. The second-order valence-corrected chi connectivity index (χ2v) is 12.9. The number of fused-ring (bicyclic) bond motifs is 7. The first-order valence-corrected chi connectivity index (χ1v) is 16.8. The van der Waals surface area contributed by atoms with Crippen LogP contribution in [0.25, 0.3) is 54.2 Å². The molecule has 8 aromatic rings. The summed E-state index contributed by atoms with van der Waals surface area (Å²) in [5.41, 5.74) is 6.36. The Morgan fingerprint density at radius 3 is 1.20 bits per heavy atom. The van der Waals surface area contributed by atoms with Crippen LogP contribution in [0.4, 0.5) is 0 Å². The first-order valence-electron chi connectivity index (χ1n) is 16.8. The maximum Gasteiger partial charge on any atom is 0.335 e. The van der Waals surface area contributed by atoms with Crippen LogP contribution < -0.4 is 9.47 Å². The predicted molar refractivity (Wildman–Crippen MR) is 205 cm³/mol. The Morgan fingerprint density at radius 1 is 0.431 bits per heavy atom. The molecular formula is C47H30O4. The van der Waals surface area contributed by atoms with Crippen molar-refractivity contribution in [2.24, 2.45) is 0 Å². The van der Waals surface area contributed by atoms with E-state index in [9.17, 15) is 9.59 Å². The Labute approximate surface area is 294 Å². The molecule has 0 heterocycles. The van der Waals surface area contributed by atoms with Gasteiger partial charge in [0.15, 0.2) is 0 Å². The quantitative estimate of drug-likeness (QED) is 0.101. The fourth-order valence-corrected chi connectivity index (χ4v) is 7.84. The minimum absolute atomic E-state index is 0.469. The molecule has 0 saturated carbocycles. The normalized spacial score (nSPS) is 12.8. The van der Waals surface area contributed by atoms with Crippen LogP contribution in [0.3, 0.4) is 0 Å². The lowest BCUT2D eigenvalue weighted by Crippen LogP contribution is -2.28. The molecular weight excluding hydrogens is 629 g/mol. The average Bonchev–Trinajstić information content (AvgIpc) is 3.44. The molecule has 0 atom stereocenters. The topological polar surface area (TPSA) is 52.6 Å². The fourth-order valence-electron chi connectivity index (χ4n) is 7.84. The molecule has 0 fully saturated rings. The highest BCUT2D eigenvalue weighted by molar-refractivity contribution is 6.01. The zero-order valence-electron chi connectivity index (χ0n) is 27.6. The van der Waals surface area contributed by atoms with Crippen molar-refractivity contribution in [3.63, 3.8) is 0 Å². The van der Waals surface area contributed by atoms with E-state index in [-0.39, 0.29) is 0 Å². The van der Waals surface area contributed by atoms with Gasteiger partial charge in [0, 0.05) is 12.2 Å². The van der Waals surface area contributed by atoms with Gasteiger partial charge >= 0.3 is 11.9 Å². The molecule has 0 amide bonds. The van der Waals surface area contributed by atoms with Gasteiger partial charge in [0.25, 0.3) is 0 Å². The summed E-state index contributed by atoms with van der Waals surface area (Å²) in [7, 11) is 0. The summed E-state index contributed by atoms with van der Waals surface area (Å²) in [6.07, 6.45) is 2.33. The molecule has 4 nitrogen and oxygen atoms in total. The maximum atomic E-state index is 12.0. The van der Waals surface area contributed by atoms with Crippen LogP contribution in [-0.2, 0) is 15.0 Å². The van der Waals surface area contributed by atoms with Gasteiger partial charge in [-0.1, -0.05) is 98.1 Å². The lowest BCUT2D eigenvalue weighted by molar-refractivity contribution is -0.129. The highest BCUT2D eigenvalue weighted by Gasteiger charge is 2.46. The number of carbonyl (C=O) groups is 2. The zero-order chi connectivity index (χ0) is 34.7. The minimum atomic E-state index is -0.691. The van der Waals surface area contributed by atoms with Gasteiger partial charge in [-0.3, -0.25) is 0 Å². The lowest BCUT2D eigenvalue weighted by Gasteiger charge is -2.34. The number of hydrogen-bond donors (Lipinski definition) is 0. The maximum absolute atomic E-state index is 12.0. The zero-order valence-corrected chi connectivity index (χ0v) is 27.6. The van der Waals surface area contributed by atoms with Gasteiger partial charge < -0.3 is 9.47 Å². The van der Waals surface area contributed by atoms with Crippen LogP contribution in [0.2, 0.25) is 0 Å². The standard InChI is InChI=1S/C47H30O4/c1-3-45(48)50-39-19-15-33-21-37(17-13-35(33)23-39)47(38-18-14-36-24-40(51-46(49)4-2)20-16-34(36)22-38)43-27-31-11-7-5-9-29(31)25-41(43)42-26-30-10-6-8-12-32(30)28-44(42)47/h3-28H,1-2H2. The summed E-state index contributed by atoms with van der Waals surface area (Å²) in [5, 5.41) is 8.67. The largest absolute Gasteiger partial charge is 0.423 e. The van der Waals surface area contributed by atoms with E-state index in [1.807, 2.05) is 36.4 Å². The fraction of sp³-hybridized carbons (Fsp3) is 0.0213. The van der Waals surface area contributed by atoms with E-state index >= 15 is 0 Å². The molecule has 0 N–H and O–H groups in total. The van der Waals surface area contributed by atoms with Gasteiger partial charge in [0.05, 0.1) is 5.41 Å². The molecule has 9 rings (SSSR count). The average molecular weight is 659 g/mol. The van der Waals surface area contributed by atoms with Crippen molar-refractivity contribution in [3.8, 4) is 22.6 Å². The van der Waals surface area contributed by atoms with Crippen LogP contribution in [0.1, 0.15) is 22.3 Å². The molecule has 0 radical (unpaired) electrons. The van der Waals surface area contributed by atoms with Crippen molar-refractivity contribution < 1.29 is 19.1 Å². The molecule has 0 saturated heterocycles. The summed E-state index contributed by atoms with van der Waals surface area (Å²) < 4.78 is 10.9. The van der Waals surface area contributed by atoms with Crippen molar-refractivity contribution in [1.82, 2.24) is 0 Å². The lowest BCUT2D eigenvalue weighted by atomic mass is 9.66. The van der Waals surface area contributed by atoms with Gasteiger partial charge in [0.1, 0.15) is 11.5 Å². The van der Waals surface area contributed by atoms with Gasteiger partial charge in [-0.05, 0) is 137 Å². The van der Waals surface area contributed by atoms with Crippen molar-refractivity contribution in [3.05, 3.63) is 193 Å². The smallest absolute Gasteiger partial charge is 0.335 e. The summed E-state index contributed by atoms with van der Waals surface area (Å²) in [6.45, 7) is 7.05. The summed E-state index contributed by atoms with van der Waals surface area (Å²) in [5.74, 6) is -0.0502. The number of hydrogen-bond acceptors (Lipinski definition) is 4. The molecule has 51 heavy (non-hydrogen) atoms. The van der Waals surface area contributed by atoms with Crippen molar-refractivity contribution in [2.75, 3.05) is 0 Å². The predicted octanol–water partition coefficient (Wildman–Crippen LogP) is 10.8. The number of ether oxygens (including phenoxy) is 2. The van der Waals surface area contributed by atoms with Crippen LogP contribution >= 0.6 is 0 Å². The van der Waals surface area contributed by atoms with E-state index in [1.165, 1.54) is 43.8 Å². The number of esters is 2. The highest BCUT2D eigenvalue weighted by Crippen LogP contribution is 2.58. The van der Waals surface area contributed by atoms with Crippen molar-refractivity contribution in [1.29, 1.82) is 0 Å². The first-order chi connectivity index (χ1) is 24.9. The third-order valence-electron chi connectivity index (χ3n) is 10.1. The van der Waals surface area contributed by atoms with Gasteiger partial charge in [-0.25, -0.2) is 9.59 Å². The molecule has 4 heteroatoms. The monoisotopic (exact) mass is 658 g/mol. The molecule has 0 unspecified atom stereocenters. The molecule has 1 aliphatic rings. The minimum Gasteiger partial charge on any atom is -0.423 e. The van der Waals surface area contributed by atoms with Crippen molar-refractivity contribution >= 4 is 55.0 Å². The van der Waals surface area contributed by atoms with E-state index in [0.29, 0.717) is 11.5 Å². The Morgan fingerprint density at radius 2 is 0.784 bits per heavy atom. The van der Waals surface area contributed by atoms with Gasteiger partial charge in [0.2, 0.25) is 0 Å². The molecule has 0 bridgehead atoms. The summed E-state index contributed by atoms with van der Waals surface area (Å²) >= 11 is 0. The molecule has 1 aliphatic carbocycles. The van der Waals surface area contributed by atoms with E-state index in [4.69, 9.17) is 9.47 Å². The Bertz CT molecular complexity index is 2600. The second kappa shape index (κ2) is 11.7. The molecule has 0 aromatic heterocycles. The Balaban J connectivity index is 1.36. The van der Waals surface area contributed by atoms with E-state index < -0.39 is 17.4 Å². The molecule has 242 valence electrons. The second-order valence-electron chi connectivity index (χ2n) is 12.9. The summed E-state index contributed by atoms with van der Waals surface area (Å²) in [4.78, 5) is 23.9.